The van der Waals surface area contributed by atoms with Crippen LogP contribution >= 0.6 is 11.5 Å². The zero-order chi connectivity index (χ0) is 16.0. The normalized spacial score (nSPS) is 12.3. The van der Waals surface area contributed by atoms with E-state index in [1.165, 1.54) is 0 Å². The van der Waals surface area contributed by atoms with Crippen molar-refractivity contribution in [1.82, 2.24) is 9.27 Å². The summed E-state index contributed by atoms with van der Waals surface area (Å²) in [5.74, 6) is 0.204. The molecule has 0 radical (unpaired) electrons. The van der Waals surface area contributed by atoms with Gasteiger partial charge in [0.05, 0.1) is 5.75 Å². The van der Waals surface area contributed by atoms with E-state index in [9.17, 15) is 8.42 Å². The molecule has 0 unspecified atom stereocenters. The fourth-order valence-electron chi connectivity index (χ4n) is 1.87. The molecule has 1 aromatic rings. The second-order valence-corrected chi connectivity index (χ2v) is 8.22. The van der Waals surface area contributed by atoms with Gasteiger partial charge in [0.15, 0.2) is 15.7 Å². The van der Waals surface area contributed by atoms with E-state index in [0.29, 0.717) is 24.0 Å². The molecule has 0 bridgehead atoms. The number of hydrogen-bond acceptors (Lipinski definition) is 7. The Balaban J connectivity index is 2.65. The molecular weight excluding hydrogens is 308 g/mol. The standard InChI is InChI=1S/C13H26N4O2S2/c1-5-9-21(18,19)11-12(14)16-20-13(11)15-7-6-8-17(4)10(2)3/h10,15H,5-9H2,1-4H3,(H2,14,16). The van der Waals surface area contributed by atoms with Gasteiger partial charge >= 0.3 is 0 Å². The second kappa shape index (κ2) is 7.95. The van der Waals surface area contributed by atoms with Gasteiger partial charge in [-0.05, 0) is 51.8 Å². The largest absolute Gasteiger partial charge is 0.382 e. The monoisotopic (exact) mass is 334 g/mol. The maximum absolute atomic E-state index is 12.2. The van der Waals surface area contributed by atoms with Crippen LogP contribution in [-0.2, 0) is 9.84 Å². The van der Waals surface area contributed by atoms with Crippen LogP contribution in [0.4, 0.5) is 10.8 Å². The van der Waals surface area contributed by atoms with Gasteiger partial charge in [0.2, 0.25) is 0 Å². The van der Waals surface area contributed by atoms with Crippen molar-refractivity contribution < 1.29 is 8.42 Å². The predicted octanol–water partition coefficient (Wildman–Crippen LogP) is 2.05. The summed E-state index contributed by atoms with van der Waals surface area (Å²) in [7, 11) is -1.27. The van der Waals surface area contributed by atoms with Gasteiger partial charge < -0.3 is 16.0 Å². The van der Waals surface area contributed by atoms with Gasteiger partial charge in [-0.2, -0.15) is 4.37 Å². The first-order valence-electron chi connectivity index (χ1n) is 7.21. The molecule has 0 saturated carbocycles. The third-order valence-corrected chi connectivity index (χ3v) is 6.24. The highest BCUT2D eigenvalue weighted by atomic mass is 32.2. The third-order valence-electron chi connectivity index (χ3n) is 3.31. The number of nitrogen functional groups attached to an aromatic ring is 1. The quantitative estimate of drug-likeness (QED) is 0.672. The van der Waals surface area contributed by atoms with Crippen LogP contribution in [0.3, 0.4) is 0 Å². The molecule has 122 valence electrons. The molecule has 0 amide bonds. The first-order valence-corrected chi connectivity index (χ1v) is 9.64. The van der Waals surface area contributed by atoms with Crippen LogP contribution in [0.25, 0.3) is 0 Å². The van der Waals surface area contributed by atoms with E-state index in [1.54, 1.807) is 0 Å². The molecule has 6 nitrogen and oxygen atoms in total. The van der Waals surface area contributed by atoms with Crippen LogP contribution < -0.4 is 11.1 Å². The summed E-state index contributed by atoms with van der Waals surface area (Å²) in [6, 6.07) is 0.504. The Labute approximate surface area is 131 Å². The number of nitrogens with one attached hydrogen (secondary N) is 1. The smallest absolute Gasteiger partial charge is 0.185 e. The molecule has 0 spiro atoms. The molecule has 0 aromatic carbocycles. The van der Waals surface area contributed by atoms with Crippen molar-refractivity contribution in [3.8, 4) is 0 Å². The van der Waals surface area contributed by atoms with E-state index >= 15 is 0 Å². The minimum Gasteiger partial charge on any atom is -0.382 e. The summed E-state index contributed by atoms with van der Waals surface area (Å²) in [6.45, 7) is 7.78. The SMILES string of the molecule is CCCS(=O)(=O)c1c(N)nsc1NCCCN(C)C(C)C. The van der Waals surface area contributed by atoms with Crippen LogP contribution in [0, 0.1) is 0 Å². The highest BCUT2D eigenvalue weighted by Gasteiger charge is 2.24. The number of sulfone groups is 1. The molecule has 21 heavy (non-hydrogen) atoms. The van der Waals surface area contributed by atoms with Crippen LogP contribution in [0.5, 0.6) is 0 Å². The Morgan fingerprint density at radius 2 is 2.10 bits per heavy atom. The van der Waals surface area contributed by atoms with E-state index < -0.39 is 9.84 Å². The lowest BCUT2D eigenvalue weighted by Gasteiger charge is -2.20. The van der Waals surface area contributed by atoms with Gasteiger partial charge in [-0.3, -0.25) is 0 Å². The van der Waals surface area contributed by atoms with Crippen LogP contribution in [0.15, 0.2) is 4.90 Å². The van der Waals surface area contributed by atoms with Gasteiger partial charge in [0.25, 0.3) is 0 Å². The van der Waals surface area contributed by atoms with Crippen LogP contribution in [-0.4, -0.2) is 49.6 Å². The molecule has 0 fully saturated rings. The van der Waals surface area contributed by atoms with E-state index in [4.69, 9.17) is 5.73 Å². The molecule has 3 N–H and O–H groups in total. The first-order chi connectivity index (χ1) is 9.79. The number of nitrogens with zero attached hydrogens (tertiary/aromatic N) is 2. The molecule has 1 aromatic heterocycles. The summed E-state index contributed by atoms with van der Waals surface area (Å²) >= 11 is 1.12. The van der Waals surface area contributed by atoms with E-state index in [2.05, 4.69) is 35.5 Å². The molecule has 0 aliphatic carbocycles. The molecule has 0 atom stereocenters. The number of nitrogens with two attached hydrogens (primary N) is 1. The molecule has 0 aliphatic rings. The first kappa shape index (κ1) is 18.2. The lowest BCUT2D eigenvalue weighted by Crippen LogP contribution is -2.28. The predicted molar refractivity (Wildman–Crippen MR) is 89.7 cm³/mol. The summed E-state index contributed by atoms with van der Waals surface area (Å²) < 4.78 is 28.4. The lowest BCUT2D eigenvalue weighted by molar-refractivity contribution is 0.273. The Morgan fingerprint density at radius 3 is 2.67 bits per heavy atom. The van der Waals surface area contributed by atoms with Crippen LogP contribution in [0.2, 0.25) is 0 Å². The van der Waals surface area contributed by atoms with Crippen molar-refractivity contribution in [2.75, 3.05) is 36.9 Å². The maximum atomic E-state index is 12.2. The minimum atomic E-state index is -3.35. The van der Waals surface area contributed by atoms with E-state index in [1.807, 2.05) is 6.92 Å². The average molecular weight is 335 g/mol. The van der Waals surface area contributed by atoms with Crippen molar-refractivity contribution in [1.29, 1.82) is 0 Å². The van der Waals surface area contributed by atoms with Crippen molar-refractivity contribution >= 4 is 32.2 Å². The zero-order valence-corrected chi connectivity index (χ0v) is 14.9. The Kier molecular flexibility index (Phi) is 6.89. The second-order valence-electron chi connectivity index (χ2n) is 5.40. The maximum Gasteiger partial charge on any atom is 0.185 e. The number of aromatic nitrogens is 1. The van der Waals surface area contributed by atoms with Crippen molar-refractivity contribution in [3.63, 3.8) is 0 Å². The van der Waals surface area contributed by atoms with Gasteiger partial charge in [0, 0.05) is 12.6 Å². The highest BCUT2D eigenvalue weighted by Crippen LogP contribution is 2.32. The summed E-state index contributed by atoms with van der Waals surface area (Å²) in [6.07, 6.45) is 1.50. The third kappa shape index (κ3) is 5.12. The molecule has 1 heterocycles. The number of rotatable bonds is 9. The lowest BCUT2D eigenvalue weighted by atomic mass is 10.3. The van der Waals surface area contributed by atoms with Gasteiger partial charge in [-0.1, -0.05) is 6.92 Å². The number of anilines is 2. The average Bonchev–Trinajstić information content (AvgIpc) is 2.76. The Morgan fingerprint density at radius 1 is 1.43 bits per heavy atom. The van der Waals surface area contributed by atoms with E-state index in [0.717, 1.165) is 24.5 Å². The summed E-state index contributed by atoms with van der Waals surface area (Å²) in [5.41, 5.74) is 5.72. The Hall–Kier alpha value is -0.860. The highest BCUT2D eigenvalue weighted by molar-refractivity contribution is 7.91. The fourth-order valence-corrected chi connectivity index (χ4v) is 4.51. The topological polar surface area (TPSA) is 88.3 Å². The van der Waals surface area contributed by atoms with Gasteiger partial charge in [-0.15, -0.1) is 0 Å². The molecule has 0 saturated heterocycles. The van der Waals surface area contributed by atoms with Crippen LogP contribution in [0.1, 0.15) is 33.6 Å². The van der Waals surface area contributed by atoms with Gasteiger partial charge in [-0.25, -0.2) is 8.42 Å². The molecule has 0 aliphatic heterocycles. The molecule has 8 heteroatoms. The van der Waals surface area contributed by atoms with Crippen molar-refractivity contribution in [2.45, 2.75) is 44.6 Å². The fraction of sp³-hybridized carbons (Fsp3) is 0.769. The molecule has 1 rings (SSSR count). The Bertz CT molecular complexity index is 540. The van der Waals surface area contributed by atoms with Crippen molar-refractivity contribution in [3.05, 3.63) is 0 Å². The number of hydrogen-bond donors (Lipinski definition) is 2. The molecular formula is C13H26N4O2S2. The summed E-state index contributed by atoms with van der Waals surface area (Å²) in [4.78, 5) is 2.42. The summed E-state index contributed by atoms with van der Waals surface area (Å²) in [5, 5.41) is 3.73. The minimum absolute atomic E-state index is 0.0976. The van der Waals surface area contributed by atoms with E-state index in [-0.39, 0.29) is 16.5 Å². The van der Waals surface area contributed by atoms with Crippen molar-refractivity contribution in [2.24, 2.45) is 0 Å². The zero-order valence-electron chi connectivity index (χ0n) is 13.2. The van der Waals surface area contributed by atoms with Gasteiger partial charge in [0.1, 0.15) is 9.90 Å².